The molecule has 3 aromatic heterocycles. The van der Waals surface area contributed by atoms with Gasteiger partial charge in [-0.15, -0.1) is 0 Å². The van der Waals surface area contributed by atoms with Gasteiger partial charge >= 0.3 is 0 Å². The predicted molar refractivity (Wildman–Crippen MR) is 142 cm³/mol. The number of aromatic nitrogens is 3. The molecule has 0 unspecified atom stereocenters. The summed E-state index contributed by atoms with van der Waals surface area (Å²) in [5.74, 6) is 1.68. The second-order valence-corrected chi connectivity index (χ2v) is 8.87. The molecule has 6 rings (SSSR count). The van der Waals surface area contributed by atoms with E-state index in [2.05, 4.69) is 44.1 Å². The van der Waals surface area contributed by atoms with Crippen molar-refractivity contribution in [3.63, 3.8) is 0 Å². The van der Waals surface area contributed by atoms with Gasteiger partial charge in [-0.05, 0) is 48.0 Å². The van der Waals surface area contributed by atoms with Crippen molar-refractivity contribution in [1.29, 1.82) is 0 Å². The molecule has 1 aliphatic heterocycles. The molecule has 1 N–H and O–H groups in total. The van der Waals surface area contributed by atoms with Gasteiger partial charge in [0.05, 0.1) is 37.7 Å². The SMILES string of the molecule is COc1ccc2[nH]c3cnc(-c4cccnc4)cc3c2c1-c1ccc(OCCN2CCOCC2)cc1. The third kappa shape index (κ3) is 4.39. The zero-order valence-corrected chi connectivity index (χ0v) is 20.2. The lowest BCUT2D eigenvalue weighted by Crippen LogP contribution is -2.38. The molecule has 1 saturated heterocycles. The Bertz CT molecular complexity index is 1480. The molecule has 0 spiro atoms. The zero-order valence-electron chi connectivity index (χ0n) is 20.2. The maximum atomic E-state index is 6.03. The van der Waals surface area contributed by atoms with Crippen LogP contribution in [-0.2, 0) is 4.74 Å². The quantitative estimate of drug-likeness (QED) is 0.347. The first-order valence-corrected chi connectivity index (χ1v) is 12.2. The second-order valence-electron chi connectivity index (χ2n) is 8.87. The molecule has 0 bridgehead atoms. The summed E-state index contributed by atoms with van der Waals surface area (Å²) in [7, 11) is 1.71. The molecule has 0 radical (unpaired) electrons. The number of fused-ring (bicyclic) bond motifs is 3. The molecule has 1 fully saturated rings. The Morgan fingerprint density at radius 1 is 0.972 bits per heavy atom. The van der Waals surface area contributed by atoms with Gasteiger partial charge in [-0.25, -0.2) is 0 Å². The Balaban J connectivity index is 1.34. The number of hydrogen-bond acceptors (Lipinski definition) is 6. The first kappa shape index (κ1) is 22.5. The third-order valence-corrected chi connectivity index (χ3v) is 6.71. The van der Waals surface area contributed by atoms with Crippen molar-refractivity contribution in [2.24, 2.45) is 0 Å². The number of ether oxygens (including phenoxy) is 3. The number of H-pyrrole nitrogens is 1. The molecule has 36 heavy (non-hydrogen) atoms. The van der Waals surface area contributed by atoms with Crippen molar-refractivity contribution in [1.82, 2.24) is 19.9 Å². The van der Waals surface area contributed by atoms with E-state index in [-0.39, 0.29) is 0 Å². The predicted octanol–water partition coefficient (Wildman–Crippen LogP) is 5.16. The summed E-state index contributed by atoms with van der Waals surface area (Å²) in [5.41, 5.74) is 6.00. The van der Waals surface area contributed by atoms with Gasteiger partial charge in [0.25, 0.3) is 0 Å². The molecule has 182 valence electrons. The van der Waals surface area contributed by atoms with Crippen LogP contribution in [0.5, 0.6) is 11.5 Å². The standard InChI is InChI=1S/C29H28N4O3/c1-34-27-9-8-24-29(23-17-25(31-19-26(23)32-24)21-3-2-10-30-18-21)28(27)20-4-6-22(7-5-20)36-16-13-33-11-14-35-15-12-33/h2-10,17-19,32H,11-16H2,1H3. The largest absolute Gasteiger partial charge is 0.496 e. The number of morpholine rings is 1. The van der Waals surface area contributed by atoms with E-state index in [0.717, 1.165) is 88.5 Å². The van der Waals surface area contributed by atoms with Crippen molar-refractivity contribution in [2.75, 3.05) is 46.6 Å². The molecule has 0 atom stereocenters. The van der Waals surface area contributed by atoms with Crippen LogP contribution in [0.15, 0.2) is 73.2 Å². The maximum absolute atomic E-state index is 6.03. The van der Waals surface area contributed by atoms with Crippen molar-refractivity contribution < 1.29 is 14.2 Å². The Kier molecular flexibility index (Phi) is 6.24. The molecule has 1 aliphatic rings. The van der Waals surface area contributed by atoms with E-state index >= 15 is 0 Å². The lowest BCUT2D eigenvalue weighted by Gasteiger charge is -2.26. The van der Waals surface area contributed by atoms with E-state index in [4.69, 9.17) is 14.2 Å². The minimum absolute atomic E-state index is 0.658. The summed E-state index contributed by atoms with van der Waals surface area (Å²) >= 11 is 0. The molecular weight excluding hydrogens is 452 g/mol. The third-order valence-electron chi connectivity index (χ3n) is 6.71. The lowest BCUT2D eigenvalue weighted by atomic mass is 9.98. The number of rotatable bonds is 7. The number of aromatic amines is 1. The van der Waals surface area contributed by atoms with Crippen molar-refractivity contribution in [3.8, 4) is 33.9 Å². The molecule has 4 heterocycles. The number of nitrogens with zero attached hydrogens (tertiary/aromatic N) is 3. The summed E-state index contributed by atoms with van der Waals surface area (Å²) in [6.45, 7) is 5.10. The van der Waals surface area contributed by atoms with Gasteiger partial charge in [0.2, 0.25) is 0 Å². The van der Waals surface area contributed by atoms with E-state index in [1.54, 1.807) is 13.3 Å². The van der Waals surface area contributed by atoms with Crippen molar-refractivity contribution in [3.05, 3.63) is 73.2 Å². The molecule has 0 saturated carbocycles. The van der Waals surface area contributed by atoms with Crippen molar-refractivity contribution in [2.45, 2.75) is 0 Å². The molecule has 7 heteroatoms. The Morgan fingerprint density at radius 3 is 2.61 bits per heavy atom. The van der Waals surface area contributed by atoms with Gasteiger partial charge < -0.3 is 19.2 Å². The van der Waals surface area contributed by atoms with Crippen LogP contribution < -0.4 is 9.47 Å². The molecule has 7 nitrogen and oxygen atoms in total. The number of methoxy groups -OCH3 is 1. The fraction of sp³-hybridized carbons (Fsp3) is 0.241. The van der Waals surface area contributed by atoms with Crippen LogP contribution in [0.25, 0.3) is 44.2 Å². The molecule has 0 amide bonds. The average molecular weight is 481 g/mol. The molecule has 0 aliphatic carbocycles. The van der Waals surface area contributed by atoms with Crippen LogP contribution in [0.2, 0.25) is 0 Å². The minimum Gasteiger partial charge on any atom is -0.496 e. The van der Waals surface area contributed by atoms with Crippen LogP contribution in [0.4, 0.5) is 0 Å². The summed E-state index contributed by atoms with van der Waals surface area (Å²) < 4.78 is 17.3. The average Bonchev–Trinajstić information content (AvgIpc) is 3.32. The van der Waals surface area contributed by atoms with E-state index in [1.165, 1.54) is 0 Å². The molecular formula is C29H28N4O3. The van der Waals surface area contributed by atoms with E-state index in [1.807, 2.05) is 42.7 Å². The highest BCUT2D eigenvalue weighted by molar-refractivity contribution is 6.16. The van der Waals surface area contributed by atoms with Gasteiger partial charge in [-0.3, -0.25) is 14.9 Å². The Morgan fingerprint density at radius 2 is 1.83 bits per heavy atom. The smallest absolute Gasteiger partial charge is 0.127 e. The second kappa shape index (κ2) is 9.97. The van der Waals surface area contributed by atoms with Crippen molar-refractivity contribution >= 4 is 21.8 Å². The summed E-state index contributed by atoms with van der Waals surface area (Å²) in [6.07, 6.45) is 5.49. The van der Waals surface area contributed by atoms with Crippen LogP contribution in [-0.4, -0.2) is 66.4 Å². The Labute approximate surface area is 209 Å². The lowest BCUT2D eigenvalue weighted by molar-refractivity contribution is 0.0322. The van der Waals surface area contributed by atoms with Gasteiger partial charge in [0.15, 0.2) is 0 Å². The van der Waals surface area contributed by atoms with E-state index in [0.29, 0.717) is 6.61 Å². The van der Waals surface area contributed by atoms with Gasteiger partial charge in [0, 0.05) is 59.4 Å². The summed E-state index contributed by atoms with van der Waals surface area (Å²) in [4.78, 5) is 14.8. The zero-order chi connectivity index (χ0) is 24.3. The number of nitrogens with one attached hydrogen (secondary N) is 1. The van der Waals surface area contributed by atoms with Gasteiger partial charge in [-0.2, -0.15) is 0 Å². The topological polar surface area (TPSA) is 72.5 Å². The summed E-state index contributed by atoms with van der Waals surface area (Å²) in [5, 5.41) is 2.21. The highest BCUT2D eigenvalue weighted by atomic mass is 16.5. The number of benzene rings is 2. The van der Waals surface area contributed by atoms with Crippen LogP contribution >= 0.6 is 0 Å². The molecule has 5 aromatic rings. The normalized spacial score (nSPS) is 14.4. The molecule has 2 aromatic carbocycles. The minimum atomic E-state index is 0.658. The fourth-order valence-electron chi connectivity index (χ4n) is 4.84. The number of hydrogen-bond donors (Lipinski definition) is 1. The van der Waals surface area contributed by atoms with Gasteiger partial charge in [-0.1, -0.05) is 12.1 Å². The van der Waals surface area contributed by atoms with E-state index < -0.39 is 0 Å². The highest BCUT2D eigenvalue weighted by Crippen LogP contribution is 2.41. The van der Waals surface area contributed by atoms with Gasteiger partial charge in [0.1, 0.15) is 18.1 Å². The number of pyridine rings is 2. The highest BCUT2D eigenvalue weighted by Gasteiger charge is 2.17. The first-order valence-electron chi connectivity index (χ1n) is 12.2. The Hall–Kier alpha value is -3.94. The maximum Gasteiger partial charge on any atom is 0.127 e. The van der Waals surface area contributed by atoms with Crippen LogP contribution in [0.3, 0.4) is 0 Å². The summed E-state index contributed by atoms with van der Waals surface area (Å²) in [6, 6.07) is 18.4. The van der Waals surface area contributed by atoms with Crippen LogP contribution in [0, 0.1) is 0 Å². The fourth-order valence-corrected chi connectivity index (χ4v) is 4.84. The first-order chi connectivity index (χ1) is 17.8. The van der Waals surface area contributed by atoms with E-state index in [9.17, 15) is 0 Å². The monoisotopic (exact) mass is 480 g/mol. The van der Waals surface area contributed by atoms with Crippen LogP contribution in [0.1, 0.15) is 0 Å².